The zero-order valence-electron chi connectivity index (χ0n) is 21.8. The maximum Gasteiger partial charge on any atom is 0.414 e. The number of fused-ring (bicyclic) bond motifs is 3. The summed E-state index contributed by atoms with van der Waals surface area (Å²) in [5.74, 6) is 2.23. The van der Waals surface area contributed by atoms with Crippen LogP contribution in [-0.4, -0.2) is 34.6 Å². The number of hydrogen-bond donors (Lipinski definition) is 0. The first kappa shape index (κ1) is 24.8. The molecule has 2 heterocycles. The van der Waals surface area contributed by atoms with Crippen LogP contribution in [0.5, 0.6) is 0 Å². The van der Waals surface area contributed by atoms with E-state index in [0.717, 1.165) is 98.7 Å². The molecule has 0 unspecified atom stereocenters. The lowest BCUT2D eigenvalue weighted by Gasteiger charge is -2.34. The van der Waals surface area contributed by atoms with Crippen LogP contribution in [0.1, 0.15) is 89.1 Å². The van der Waals surface area contributed by atoms with Crippen molar-refractivity contribution >= 4 is 28.6 Å². The quantitative estimate of drug-likeness (QED) is 0.514. The van der Waals surface area contributed by atoms with Crippen molar-refractivity contribution in [3.63, 3.8) is 0 Å². The largest absolute Gasteiger partial charge is 0.452 e. The summed E-state index contributed by atoms with van der Waals surface area (Å²) in [6.45, 7) is 3.79. The minimum absolute atomic E-state index is 0.0777. The summed E-state index contributed by atoms with van der Waals surface area (Å²) in [6.07, 6.45) is 10.4. The lowest BCUT2D eigenvalue weighted by Crippen LogP contribution is -2.42. The Hall–Kier alpha value is -2.88. The van der Waals surface area contributed by atoms with Gasteiger partial charge in [-0.1, -0.05) is 6.42 Å². The van der Waals surface area contributed by atoms with Crippen molar-refractivity contribution < 1.29 is 14.3 Å². The van der Waals surface area contributed by atoms with Gasteiger partial charge in [0, 0.05) is 35.9 Å². The maximum absolute atomic E-state index is 12.6. The molecule has 2 fully saturated rings. The van der Waals surface area contributed by atoms with Crippen LogP contribution in [0.25, 0.3) is 11.0 Å². The average Bonchev–Trinajstić information content (AvgIpc) is 3.26. The molecule has 192 valence electrons. The van der Waals surface area contributed by atoms with E-state index in [2.05, 4.69) is 29.7 Å². The van der Waals surface area contributed by atoms with Gasteiger partial charge in [-0.3, -0.25) is 9.69 Å². The lowest BCUT2D eigenvalue weighted by molar-refractivity contribution is -0.122. The van der Waals surface area contributed by atoms with E-state index in [1.807, 2.05) is 0 Å². The van der Waals surface area contributed by atoms with Crippen molar-refractivity contribution in [2.24, 2.45) is 17.8 Å². The number of aryl methyl sites for hydroxylation is 1. The highest BCUT2D eigenvalue weighted by atomic mass is 16.5. The third-order valence-corrected chi connectivity index (χ3v) is 8.99. The van der Waals surface area contributed by atoms with Crippen molar-refractivity contribution in [1.82, 2.24) is 9.55 Å². The smallest absolute Gasteiger partial charge is 0.414 e. The molecule has 0 radical (unpaired) electrons. The Morgan fingerprint density at radius 2 is 1.92 bits per heavy atom. The second kappa shape index (κ2) is 10.2. The number of ketones is 1. The lowest BCUT2D eigenvalue weighted by atomic mass is 9.80. The summed E-state index contributed by atoms with van der Waals surface area (Å²) in [5, 5.41) is 9.32. The minimum Gasteiger partial charge on any atom is -0.452 e. The number of methoxy groups -OCH3 is 1. The Kier molecular flexibility index (Phi) is 7.05. The van der Waals surface area contributed by atoms with Crippen LogP contribution in [0, 0.1) is 29.1 Å². The molecule has 3 atom stereocenters. The van der Waals surface area contributed by atoms with E-state index >= 15 is 0 Å². The van der Waals surface area contributed by atoms with Crippen LogP contribution in [0.2, 0.25) is 0 Å². The predicted octanol–water partition coefficient (Wildman–Crippen LogP) is 6.14. The van der Waals surface area contributed by atoms with Crippen molar-refractivity contribution in [3.05, 3.63) is 23.5 Å². The number of imidazole rings is 1. The van der Waals surface area contributed by atoms with Gasteiger partial charge in [-0.15, -0.1) is 0 Å². The van der Waals surface area contributed by atoms with Crippen LogP contribution in [0.3, 0.4) is 0 Å². The molecule has 0 spiro atoms. The molecule has 2 saturated carbocycles. The van der Waals surface area contributed by atoms with Gasteiger partial charge in [0.25, 0.3) is 0 Å². The van der Waals surface area contributed by atoms with Crippen LogP contribution in [-0.2, 0) is 22.4 Å². The van der Waals surface area contributed by atoms with Gasteiger partial charge in [-0.05, 0) is 89.7 Å². The Labute approximate surface area is 213 Å². The maximum atomic E-state index is 12.6. The van der Waals surface area contributed by atoms with Gasteiger partial charge < -0.3 is 9.30 Å². The molecule has 2 aliphatic carbocycles. The SMILES string of the molecule is COC(=O)N1c2ccc3c(nc(CC4CCC(C#N)CC4)n3[C@@H]3CCC[C@@H](C(C)=O)C3)c2CC[C@@H]1C. The van der Waals surface area contributed by atoms with Gasteiger partial charge in [0.1, 0.15) is 11.6 Å². The first-order chi connectivity index (χ1) is 17.4. The highest BCUT2D eigenvalue weighted by molar-refractivity contribution is 5.95. The summed E-state index contributed by atoms with van der Waals surface area (Å²) in [5.41, 5.74) is 4.16. The second-order valence-corrected chi connectivity index (χ2v) is 11.2. The first-order valence-corrected chi connectivity index (χ1v) is 13.7. The number of Topliss-reactive ketones (excluding diaryl/α,β-unsaturated/α-hetero) is 1. The van der Waals surface area contributed by atoms with E-state index in [4.69, 9.17) is 9.72 Å². The van der Waals surface area contributed by atoms with E-state index in [0.29, 0.717) is 11.7 Å². The molecule has 0 N–H and O–H groups in total. The number of carbonyl (C=O) groups excluding carboxylic acids is 2. The molecule has 1 aromatic carbocycles. The van der Waals surface area contributed by atoms with E-state index in [1.165, 1.54) is 7.11 Å². The van der Waals surface area contributed by atoms with E-state index in [-0.39, 0.29) is 30.0 Å². The van der Waals surface area contributed by atoms with Crippen molar-refractivity contribution in [3.8, 4) is 6.07 Å². The van der Waals surface area contributed by atoms with Crippen molar-refractivity contribution in [2.75, 3.05) is 12.0 Å². The monoisotopic (exact) mass is 490 g/mol. The average molecular weight is 491 g/mol. The Balaban J connectivity index is 1.57. The molecule has 1 aliphatic heterocycles. The molecule has 5 rings (SSSR count). The highest BCUT2D eigenvalue weighted by Crippen LogP contribution is 2.41. The molecule has 1 amide bonds. The molecule has 2 aromatic rings. The van der Waals surface area contributed by atoms with Crippen molar-refractivity contribution in [1.29, 1.82) is 5.26 Å². The van der Waals surface area contributed by atoms with E-state index in [1.54, 1.807) is 11.8 Å². The summed E-state index contributed by atoms with van der Waals surface area (Å²) in [7, 11) is 1.43. The number of rotatable bonds is 4. The minimum atomic E-state index is -0.326. The number of carbonyl (C=O) groups is 2. The van der Waals surface area contributed by atoms with Gasteiger partial charge in [0.2, 0.25) is 0 Å². The number of anilines is 1. The van der Waals surface area contributed by atoms with Crippen LogP contribution >= 0.6 is 0 Å². The van der Waals surface area contributed by atoms with Crippen LogP contribution in [0.15, 0.2) is 12.1 Å². The summed E-state index contributed by atoms with van der Waals surface area (Å²) < 4.78 is 7.56. The van der Waals surface area contributed by atoms with Gasteiger partial charge >= 0.3 is 6.09 Å². The molecule has 1 aromatic heterocycles. The van der Waals surface area contributed by atoms with Gasteiger partial charge in [0.05, 0.1) is 29.9 Å². The summed E-state index contributed by atoms with van der Waals surface area (Å²) in [6, 6.07) is 6.98. The van der Waals surface area contributed by atoms with Gasteiger partial charge in [0.15, 0.2) is 0 Å². The van der Waals surface area contributed by atoms with Crippen molar-refractivity contribution in [2.45, 2.75) is 96.6 Å². The van der Waals surface area contributed by atoms with E-state index < -0.39 is 0 Å². The number of nitriles is 1. The molecular weight excluding hydrogens is 452 g/mol. The number of benzene rings is 1. The molecular formula is C29H38N4O3. The molecule has 3 aliphatic rings. The second-order valence-electron chi connectivity index (χ2n) is 11.2. The first-order valence-electron chi connectivity index (χ1n) is 13.7. The van der Waals surface area contributed by atoms with Crippen LogP contribution in [0.4, 0.5) is 10.5 Å². The number of ether oxygens (including phenoxy) is 1. The molecule has 0 bridgehead atoms. The van der Waals surface area contributed by atoms with Gasteiger partial charge in [-0.2, -0.15) is 5.26 Å². The molecule has 0 saturated heterocycles. The summed E-state index contributed by atoms with van der Waals surface area (Å²) in [4.78, 5) is 32.0. The normalized spacial score (nSPS) is 28.4. The number of nitrogens with zero attached hydrogens (tertiary/aromatic N) is 4. The Bertz CT molecular complexity index is 1190. The third-order valence-electron chi connectivity index (χ3n) is 8.99. The molecule has 7 heteroatoms. The Morgan fingerprint density at radius 3 is 2.61 bits per heavy atom. The fourth-order valence-corrected chi connectivity index (χ4v) is 6.90. The molecule has 7 nitrogen and oxygen atoms in total. The van der Waals surface area contributed by atoms with Gasteiger partial charge in [-0.25, -0.2) is 9.78 Å². The highest BCUT2D eigenvalue weighted by Gasteiger charge is 2.34. The third kappa shape index (κ3) is 4.51. The molecule has 36 heavy (non-hydrogen) atoms. The zero-order chi connectivity index (χ0) is 25.4. The topological polar surface area (TPSA) is 88.2 Å². The standard InChI is InChI=1S/C29H38N4O3/c1-18-7-12-24-25(32(18)29(35)36-3)13-14-26-28(24)31-27(15-20-8-10-21(17-30)11-9-20)33(26)23-6-4-5-22(16-23)19(2)34/h13-14,18,20-23H,4-12,15-16H2,1-3H3/t18-,20?,21?,22+,23+/m0/s1. The van der Waals surface area contributed by atoms with E-state index in [9.17, 15) is 14.9 Å². The number of hydrogen-bond acceptors (Lipinski definition) is 5. The van der Waals surface area contributed by atoms with Crippen LogP contribution < -0.4 is 4.90 Å². The fourth-order valence-electron chi connectivity index (χ4n) is 6.90. The number of amides is 1. The fraction of sp³-hybridized carbons (Fsp3) is 0.655. The zero-order valence-corrected chi connectivity index (χ0v) is 21.8. The number of aromatic nitrogens is 2. The predicted molar refractivity (Wildman–Crippen MR) is 139 cm³/mol. The summed E-state index contributed by atoms with van der Waals surface area (Å²) >= 11 is 0. The Morgan fingerprint density at radius 1 is 1.14 bits per heavy atom.